The Hall–Kier alpha value is -0.740. The Morgan fingerprint density at radius 2 is 2.00 bits per heavy atom. The van der Waals surface area contributed by atoms with Gasteiger partial charge in [0, 0.05) is 43.5 Å². The fourth-order valence-electron chi connectivity index (χ4n) is 1.98. The van der Waals surface area contributed by atoms with E-state index in [2.05, 4.69) is 4.57 Å². The first-order valence-electron chi connectivity index (χ1n) is 6.23. The third-order valence-electron chi connectivity index (χ3n) is 2.92. The van der Waals surface area contributed by atoms with Crippen molar-refractivity contribution in [2.75, 3.05) is 26.9 Å². The zero-order chi connectivity index (χ0) is 13.7. The SMILES string of the molecule is COCCCOCCn1ccc2c(Cl)cc(Cl)cc21. The number of rotatable bonds is 7. The van der Waals surface area contributed by atoms with Crippen molar-refractivity contribution in [2.24, 2.45) is 0 Å². The highest BCUT2D eigenvalue weighted by Gasteiger charge is 2.06. The average Bonchev–Trinajstić information content (AvgIpc) is 2.77. The van der Waals surface area contributed by atoms with E-state index >= 15 is 0 Å². The topological polar surface area (TPSA) is 23.4 Å². The molecule has 0 saturated carbocycles. The third kappa shape index (κ3) is 3.86. The number of fused-ring (bicyclic) bond motifs is 1. The van der Waals surface area contributed by atoms with Crippen LogP contribution in [-0.2, 0) is 16.0 Å². The molecule has 2 rings (SSSR count). The van der Waals surface area contributed by atoms with Crippen molar-refractivity contribution >= 4 is 34.1 Å². The van der Waals surface area contributed by atoms with Crippen molar-refractivity contribution in [1.82, 2.24) is 4.57 Å². The summed E-state index contributed by atoms with van der Waals surface area (Å²) in [6, 6.07) is 5.68. The van der Waals surface area contributed by atoms with Crippen molar-refractivity contribution < 1.29 is 9.47 Å². The number of ether oxygens (including phenoxy) is 2. The van der Waals surface area contributed by atoms with E-state index in [1.165, 1.54) is 0 Å². The highest BCUT2D eigenvalue weighted by Crippen LogP contribution is 2.28. The van der Waals surface area contributed by atoms with Crippen molar-refractivity contribution in [3.63, 3.8) is 0 Å². The molecule has 0 aliphatic heterocycles. The van der Waals surface area contributed by atoms with E-state index in [1.54, 1.807) is 13.2 Å². The first kappa shape index (κ1) is 14.7. The fourth-order valence-corrected chi connectivity index (χ4v) is 2.53. The van der Waals surface area contributed by atoms with Crippen LogP contribution in [0.5, 0.6) is 0 Å². The third-order valence-corrected chi connectivity index (χ3v) is 3.45. The Morgan fingerprint density at radius 3 is 2.79 bits per heavy atom. The molecule has 0 spiro atoms. The van der Waals surface area contributed by atoms with Gasteiger partial charge in [-0.3, -0.25) is 0 Å². The number of aromatic nitrogens is 1. The second-order valence-electron chi connectivity index (χ2n) is 4.29. The quantitative estimate of drug-likeness (QED) is 0.722. The maximum Gasteiger partial charge on any atom is 0.0645 e. The van der Waals surface area contributed by atoms with Gasteiger partial charge in [-0.05, 0) is 24.6 Å². The number of hydrogen-bond acceptors (Lipinski definition) is 2. The van der Waals surface area contributed by atoms with Gasteiger partial charge in [0.2, 0.25) is 0 Å². The highest BCUT2D eigenvalue weighted by atomic mass is 35.5. The number of methoxy groups -OCH3 is 1. The van der Waals surface area contributed by atoms with Crippen molar-refractivity contribution in [3.05, 3.63) is 34.4 Å². The van der Waals surface area contributed by atoms with Crippen LogP contribution in [-0.4, -0.2) is 31.5 Å². The normalized spacial score (nSPS) is 11.3. The van der Waals surface area contributed by atoms with Gasteiger partial charge in [0.15, 0.2) is 0 Å². The molecule has 0 amide bonds. The summed E-state index contributed by atoms with van der Waals surface area (Å²) >= 11 is 12.2. The molecule has 0 radical (unpaired) electrons. The van der Waals surface area contributed by atoms with E-state index in [0.29, 0.717) is 23.3 Å². The van der Waals surface area contributed by atoms with E-state index < -0.39 is 0 Å². The van der Waals surface area contributed by atoms with Crippen molar-refractivity contribution in [1.29, 1.82) is 0 Å². The number of nitrogens with zero attached hydrogens (tertiary/aromatic N) is 1. The Morgan fingerprint density at radius 1 is 1.16 bits per heavy atom. The van der Waals surface area contributed by atoms with Gasteiger partial charge in [0.1, 0.15) is 0 Å². The zero-order valence-electron chi connectivity index (χ0n) is 10.9. The van der Waals surface area contributed by atoms with Crippen LogP contribution < -0.4 is 0 Å². The summed E-state index contributed by atoms with van der Waals surface area (Å²) in [4.78, 5) is 0. The van der Waals surface area contributed by atoms with E-state index in [1.807, 2.05) is 18.3 Å². The maximum absolute atomic E-state index is 6.15. The van der Waals surface area contributed by atoms with Crippen LogP contribution in [0.15, 0.2) is 24.4 Å². The van der Waals surface area contributed by atoms with Crippen LogP contribution in [0.4, 0.5) is 0 Å². The highest BCUT2D eigenvalue weighted by molar-refractivity contribution is 6.38. The van der Waals surface area contributed by atoms with Crippen molar-refractivity contribution in [2.45, 2.75) is 13.0 Å². The van der Waals surface area contributed by atoms with E-state index in [9.17, 15) is 0 Å². The van der Waals surface area contributed by atoms with Gasteiger partial charge in [-0.15, -0.1) is 0 Å². The minimum absolute atomic E-state index is 0.651. The van der Waals surface area contributed by atoms with Gasteiger partial charge in [-0.1, -0.05) is 23.2 Å². The summed E-state index contributed by atoms with van der Waals surface area (Å²) in [6.45, 7) is 2.90. The fraction of sp³-hybridized carbons (Fsp3) is 0.429. The monoisotopic (exact) mass is 301 g/mol. The minimum atomic E-state index is 0.651. The molecule has 0 fully saturated rings. The van der Waals surface area contributed by atoms with Crippen LogP contribution >= 0.6 is 23.2 Å². The first-order valence-corrected chi connectivity index (χ1v) is 6.98. The van der Waals surface area contributed by atoms with Gasteiger partial charge < -0.3 is 14.0 Å². The first-order chi connectivity index (χ1) is 9.22. The molecule has 1 aromatic heterocycles. The van der Waals surface area contributed by atoms with Crippen LogP contribution in [0, 0.1) is 0 Å². The van der Waals surface area contributed by atoms with E-state index in [4.69, 9.17) is 32.7 Å². The predicted molar refractivity (Wildman–Crippen MR) is 79.3 cm³/mol. The molecular formula is C14H17Cl2NO2. The van der Waals surface area contributed by atoms with Gasteiger partial charge >= 0.3 is 0 Å². The van der Waals surface area contributed by atoms with Crippen LogP contribution in [0.25, 0.3) is 10.9 Å². The standard InChI is InChI=1S/C14H17Cl2NO2/c1-18-6-2-7-19-8-5-17-4-3-12-13(16)9-11(15)10-14(12)17/h3-4,9-10H,2,5-8H2,1H3. The largest absolute Gasteiger partial charge is 0.385 e. The summed E-state index contributed by atoms with van der Waals surface area (Å²) in [6.07, 6.45) is 2.92. The molecule has 0 bridgehead atoms. The van der Waals surface area contributed by atoms with Gasteiger partial charge in [0.05, 0.1) is 17.1 Å². The molecular weight excluding hydrogens is 285 g/mol. The lowest BCUT2D eigenvalue weighted by Gasteiger charge is -2.07. The second-order valence-corrected chi connectivity index (χ2v) is 5.13. The Bertz CT molecular complexity index is 539. The summed E-state index contributed by atoms with van der Waals surface area (Å²) in [5.74, 6) is 0. The maximum atomic E-state index is 6.15. The van der Waals surface area contributed by atoms with E-state index in [-0.39, 0.29) is 0 Å². The smallest absolute Gasteiger partial charge is 0.0645 e. The molecule has 0 saturated heterocycles. The molecule has 0 aliphatic carbocycles. The Labute approximate surface area is 123 Å². The van der Waals surface area contributed by atoms with Gasteiger partial charge in [-0.25, -0.2) is 0 Å². The summed E-state index contributed by atoms with van der Waals surface area (Å²) in [5, 5.41) is 2.35. The Kier molecular flexibility index (Phi) is 5.52. The van der Waals surface area contributed by atoms with Gasteiger partial charge in [0.25, 0.3) is 0 Å². The number of halogens is 2. The predicted octanol–water partition coefficient (Wildman–Crippen LogP) is 4.00. The summed E-state index contributed by atoms with van der Waals surface area (Å²) < 4.78 is 12.6. The molecule has 3 nitrogen and oxygen atoms in total. The molecule has 104 valence electrons. The lowest BCUT2D eigenvalue weighted by Crippen LogP contribution is -2.07. The molecule has 0 aliphatic rings. The molecule has 1 aromatic carbocycles. The lowest BCUT2D eigenvalue weighted by molar-refractivity contribution is 0.0982. The summed E-state index contributed by atoms with van der Waals surface area (Å²) in [7, 11) is 1.69. The molecule has 5 heteroatoms. The molecule has 0 unspecified atom stereocenters. The zero-order valence-corrected chi connectivity index (χ0v) is 12.4. The van der Waals surface area contributed by atoms with Gasteiger partial charge in [-0.2, -0.15) is 0 Å². The van der Waals surface area contributed by atoms with Crippen LogP contribution in [0.2, 0.25) is 10.0 Å². The number of hydrogen-bond donors (Lipinski definition) is 0. The minimum Gasteiger partial charge on any atom is -0.385 e. The lowest BCUT2D eigenvalue weighted by atomic mass is 10.2. The van der Waals surface area contributed by atoms with Crippen molar-refractivity contribution in [3.8, 4) is 0 Å². The van der Waals surface area contributed by atoms with E-state index in [0.717, 1.165) is 30.5 Å². The van der Waals surface area contributed by atoms with Crippen LogP contribution in [0.1, 0.15) is 6.42 Å². The second kappa shape index (κ2) is 7.15. The summed E-state index contributed by atoms with van der Waals surface area (Å²) in [5.41, 5.74) is 1.04. The van der Waals surface area contributed by atoms with Crippen LogP contribution in [0.3, 0.4) is 0 Å². The molecule has 2 aromatic rings. The average molecular weight is 302 g/mol. The molecule has 0 atom stereocenters. The molecule has 0 N–H and O–H groups in total. The Balaban J connectivity index is 1.94. The molecule has 19 heavy (non-hydrogen) atoms. The number of benzene rings is 1. The molecule has 1 heterocycles.